The monoisotopic (exact) mass is 403 g/mol. The molecule has 0 unspecified atom stereocenters. The summed E-state index contributed by atoms with van der Waals surface area (Å²) in [6, 6.07) is 10.3. The standard InChI is InChI=1S/C18H21N5O2S2/c24-15-7-4-8-23-17(19-15)27-18(20-23)26-13-16(25)22-11-9-21(10-12-22)14-5-2-1-3-6-14/h1-3,5-6H,4,7-13H2. The fourth-order valence-electron chi connectivity index (χ4n) is 3.19. The van der Waals surface area contributed by atoms with Crippen molar-refractivity contribution in [2.45, 2.75) is 12.8 Å². The molecule has 0 atom stereocenters. The van der Waals surface area contributed by atoms with Crippen molar-refractivity contribution in [3.8, 4) is 0 Å². The number of hydrogen-bond acceptors (Lipinski definition) is 7. The molecular weight excluding hydrogens is 382 g/mol. The largest absolute Gasteiger partial charge is 0.368 e. The van der Waals surface area contributed by atoms with Crippen LogP contribution in [-0.4, -0.2) is 69.7 Å². The van der Waals surface area contributed by atoms with Crippen LogP contribution in [0.25, 0.3) is 0 Å². The van der Waals surface area contributed by atoms with Gasteiger partial charge >= 0.3 is 0 Å². The summed E-state index contributed by atoms with van der Waals surface area (Å²) in [6.45, 7) is 3.88. The zero-order chi connectivity index (χ0) is 18.6. The van der Waals surface area contributed by atoms with E-state index in [0.717, 1.165) is 37.0 Å². The van der Waals surface area contributed by atoms with E-state index in [-0.39, 0.29) is 11.8 Å². The van der Waals surface area contributed by atoms with E-state index in [1.54, 1.807) is 5.01 Å². The van der Waals surface area contributed by atoms with Crippen molar-refractivity contribution in [3.63, 3.8) is 0 Å². The maximum absolute atomic E-state index is 12.5. The normalized spacial score (nSPS) is 20.1. The summed E-state index contributed by atoms with van der Waals surface area (Å²) in [5, 5.41) is 6.91. The number of nitrogens with zero attached hydrogens (tertiary/aromatic N) is 5. The average molecular weight is 404 g/mol. The molecule has 0 spiro atoms. The van der Waals surface area contributed by atoms with Gasteiger partial charge in [-0.2, -0.15) is 10.1 Å². The quantitative estimate of drug-likeness (QED) is 0.770. The molecular formula is C18H21N5O2S2. The number of carbonyl (C=O) groups excluding carboxylic acids is 2. The molecule has 142 valence electrons. The highest BCUT2D eigenvalue weighted by Gasteiger charge is 2.28. The minimum Gasteiger partial charge on any atom is -0.368 e. The summed E-state index contributed by atoms with van der Waals surface area (Å²) >= 11 is 2.82. The third kappa shape index (κ3) is 4.47. The third-order valence-electron chi connectivity index (χ3n) is 4.66. The molecule has 0 N–H and O–H groups in total. The van der Waals surface area contributed by atoms with E-state index in [4.69, 9.17) is 0 Å². The van der Waals surface area contributed by atoms with Gasteiger partial charge in [-0.15, -0.1) is 0 Å². The Bertz CT molecular complexity index is 775. The molecule has 0 aromatic heterocycles. The van der Waals surface area contributed by atoms with Crippen LogP contribution in [-0.2, 0) is 9.59 Å². The molecule has 7 nitrogen and oxygen atoms in total. The molecule has 4 rings (SSSR count). The van der Waals surface area contributed by atoms with Gasteiger partial charge in [0, 0.05) is 44.8 Å². The molecule has 1 fully saturated rings. The molecule has 1 saturated heterocycles. The summed E-state index contributed by atoms with van der Waals surface area (Å²) in [5.41, 5.74) is 1.21. The number of para-hydroxylation sites is 1. The van der Waals surface area contributed by atoms with Gasteiger partial charge < -0.3 is 9.80 Å². The molecule has 0 aliphatic carbocycles. The summed E-state index contributed by atoms with van der Waals surface area (Å²) < 4.78 is 0.791. The van der Waals surface area contributed by atoms with Gasteiger partial charge in [0.1, 0.15) is 0 Å². The number of amides is 2. The van der Waals surface area contributed by atoms with E-state index < -0.39 is 0 Å². The van der Waals surface area contributed by atoms with Crippen LogP contribution in [0.3, 0.4) is 0 Å². The molecule has 1 aromatic carbocycles. The highest BCUT2D eigenvalue weighted by atomic mass is 32.2. The van der Waals surface area contributed by atoms with Crippen LogP contribution in [0.5, 0.6) is 0 Å². The van der Waals surface area contributed by atoms with Crippen molar-refractivity contribution in [1.82, 2.24) is 9.91 Å². The predicted molar refractivity (Wildman–Crippen MR) is 111 cm³/mol. The molecule has 3 aliphatic heterocycles. The Balaban J connectivity index is 1.25. The number of amidine groups is 1. The number of benzene rings is 1. The highest BCUT2D eigenvalue weighted by Crippen LogP contribution is 2.30. The Labute approximate surface area is 166 Å². The van der Waals surface area contributed by atoms with Crippen molar-refractivity contribution < 1.29 is 9.59 Å². The maximum Gasteiger partial charge on any atom is 0.248 e. The van der Waals surface area contributed by atoms with Crippen LogP contribution in [0.1, 0.15) is 12.8 Å². The number of aliphatic imine (C=N–C) groups is 1. The second-order valence-electron chi connectivity index (χ2n) is 6.47. The van der Waals surface area contributed by atoms with Gasteiger partial charge in [-0.3, -0.25) is 9.59 Å². The number of anilines is 1. The van der Waals surface area contributed by atoms with Gasteiger partial charge in [0.05, 0.1) is 5.75 Å². The van der Waals surface area contributed by atoms with Crippen LogP contribution in [0.2, 0.25) is 0 Å². The number of thioether (sulfide) groups is 2. The number of piperazine rings is 1. The first kappa shape index (κ1) is 18.4. The van der Waals surface area contributed by atoms with Crippen molar-refractivity contribution in [2.75, 3.05) is 43.4 Å². The Hall–Kier alpha value is -2.00. The minimum atomic E-state index is -0.0891. The first-order chi connectivity index (χ1) is 13.2. The summed E-state index contributed by atoms with van der Waals surface area (Å²) in [7, 11) is 0. The third-order valence-corrected chi connectivity index (χ3v) is 6.72. The van der Waals surface area contributed by atoms with Crippen molar-refractivity contribution >= 4 is 50.6 Å². The number of hydrogen-bond donors (Lipinski definition) is 0. The van der Waals surface area contributed by atoms with Crippen LogP contribution >= 0.6 is 23.5 Å². The fourth-order valence-corrected chi connectivity index (χ4v) is 5.09. The SMILES string of the molecule is O=C1CCCN2N=C(SCC(=O)N3CCN(c4ccccc4)CC3)SC2=N1. The topological polar surface area (TPSA) is 68.6 Å². The Morgan fingerprint density at radius 3 is 2.67 bits per heavy atom. The van der Waals surface area contributed by atoms with Crippen LogP contribution < -0.4 is 4.90 Å². The molecule has 0 radical (unpaired) electrons. The molecule has 3 heterocycles. The molecule has 1 aromatic rings. The number of carbonyl (C=O) groups is 2. The lowest BCUT2D eigenvalue weighted by Gasteiger charge is -2.36. The highest BCUT2D eigenvalue weighted by molar-refractivity contribution is 8.45. The van der Waals surface area contributed by atoms with Crippen LogP contribution in [0.4, 0.5) is 5.69 Å². The summed E-state index contributed by atoms with van der Waals surface area (Å²) in [4.78, 5) is 32.4. The lowest BCUT2D eigenvalue weighted by Crippen LogP contribution is -2.49. The van der Waals surface area contributed by atoms with Gasteiger partial charge in [0.25, 0.3) is 0 Å². The first-order valence-electron chi connectivity index (χ1n) is 9.05. The Kier molecular flexibility index (Phi) is 5.68. The second-order valence-corrected chi connectivity index (χ2v) is 8.65. The second kappa shape index (κ2) is 8.35. The van der Waals surface area contributed by atoms with Crippen molar-refractivity contribution in [3.05, 3.63) is 30.3 Å². The molecule has 0 saturated carbocycles. The maximum atomic E-state index is 12.5. The zero-order valence-electron chi connectivity index (χ0n) is 14.9. The van der Waals surface area contributed by atoms with Crippen molar-refractivity contribution in [2.24, 2.45) is 10.1 Å². The van der Waals surface area contributed by atoms with Gasteiger partial charge in [-0.1, -0.05) is 30.0 Å². The predicted octanol–water partition coefficient (Wildman–Crippen LogP) is 2.06. The van der Waals surface area contributed by atoms with Crippen LogP contribution in [0.15, 0.2) is 40.4 Å². The molecule has 27 heavy (non-hydrogen) atoms. The lowest BCUT2D eigenvalue weighted by molar-refractivity contribution is -0.128. The number of rotatable bonds is 3. The van der Waals surface area contributed by atoms with E-state index in [2.05, 4.69) is 27.1 Å². The number of fused-ring (bicyclic) bond motifs is 1. The fraction of sp³-hybridized carbons (Fsp3) is 0.444. The smallest absolute Gasteiger partial charge is 0.248 e. The lowest BCUT2D eigenvalue weighted by atomic mass is 10.2. The molecule has 0 bridgehead atoms. The minimum absolute atomic E-state index is 0.0891. The number of hydrazone groups is 1. The van der Waals surface area contributed by atoms with Gasteiger partial charge in [0.15, 0.2) is 9.54 Å². The van der Waals surface area contributed by atoms with E-state index in [0.29, 0.717) is 23.9 Å². The molecule has 2 amide bonds. The summed E-state index contributed by atoms with van der Waals surface area (Å²) in [6.07, 6.45) is 1.24. The average Bonchev–Trinajstić information content (AvgIpc) is 2.99. The molecule has 9 heteroatoms. The Morgan fingerprint density at radius 2 is 1.89 bits per heavy atom. The van der Waals surface area contributed by atoms with Crippen molar-refractivity contribution in [1.29, 1.82) is 0 Å². The molecule has 3 aliphatic rings. The van der Waals surface area contributed by atoms with Crippen LogP contribution in [0, 0.1) is 0 Å². The van der Waals surface area contributed by atoms with Gasteiger partial charge in [-0.05, 0) is 30.3 Å². The van der Waals surface area contributed by atoms with Gasteiger partial charge in [-0.25, -0.2) is 5.01 Å². The van der Waals surface area contributed by atoms with E-state index in [1.807, 2.05) is 23.1 Å². The van der Waals surface area contributed by atoms with Gasteiger partial charge in [0.2, 0.25) is 11.8 Å². The van der Waals surface area contributed by atoms with E-state index in [9.17, 15) is 9.59 Å². The van der Waals surface area contributed by atoms with E-state index in [1.165, 1.54) is 29.2 Å². The zero-order valence-corrected chi connectivity index (χ0v) is 16.5. The summed E-state index contributed by atoms with van der Waals surface area (Å²) in [5.74, 6) is 0.414. The first-order valence-corrected chi connectivity index (χ1v) is 10.9. The Morgan fingerprint density at radius 1 is 1.11 bits per heavy atom. The van der Waals surface area contributed by atoms with E-state index >= 15 is 0 Å².